The Labute approximate surface area is 142 Å². The van der Waals surface area contributed by atoms with E-state index in [0.29, 0.717) is 25.3 Å². The summed E-state index contributed by atoms with van der Waals surface area (Å²) in [6.07, 6.45) is 0.989. The first-order valence-corrected chi connectivity index (χ1v) is 7.42. The molecular weight excluding hydrogens is 322 g/mol. The van der Waals surface area contributed by atoms with Gasteiger partial charge in [-0.25, -0.2) is 0 Å². The Morgan fingerprint density at radius 2 is 1.91 bits per heavy atom. The number of rotatable bonds is 7. The van der Waals surface area contributed by atoms with Crippen LogP contribution in [0.1, 0.15) is 36.5 Å². The van der Waals surface area contributed by atoms with Crippen molar-refractivity contribution in [2.45, 2.75) is 31.9 Å². The Balaban J connectivity index is 0.00000264. The van der Waals surface area contributed by atoms with Crippen molar-refractivity contribution in [3.63, 3.8) is 0 Å². The molecule has 1 aliphatic heterocycles. The summed E-state index contributed by atoms with van der Waals surface area (Å²) in [5.41, 5.74) is 1.74. The number of fused-ring (bicyclic) bond motifs is 1. The fourth-order valence-corrected chi connectivity index (χ4v) is 2.93. The van der Waals surface area contributed by atoms with Gasteiger partial charge in [0, 0.05) is 30.6 Å². The van der Waals surface area contributed by atoms with Crippen LogP contribution in [0.15, 0.2) is 12.1 Å². The van der Waals surface area contributed by atoms with Gasteiger partial charge >= 0.3 is 5.97 Å². The van der Waals surface area contributed by atoms with Gasteiger partial charge in [0.1, 0.15) is 11.5 Å². The van der Waals surface area contributed by atoms with Gasteiger partial charge in [-0.2, -0.15) is 0 Å². The molecule has 1 aliphatic rings. The highest BCUT2D eigenvalue weighted by molar-refractivity contribution is 5.85. The molecule has 0 aromatic heterocycles. The number of hydrogen-bond acceptors (Lipinski definition) is 5. The van der Waals surface area contributed by atoms with Crippen LogP contribution in [-0.4, -0.2) is 48.4 Å². The number of aliphatic carboxylic acids is 1. The molecule has 0 bridgehead atoms. The zero-order chi connectivity index (χ0) is 16.1. The second kappa shape index (κ2) is 8.96. The van der Waals surface area contributed by atoms with E-state index in [9.17, 15) is 9.90 Å². The van der Waals surface area contributed by atoms with Gasteiger partial charge in [0.05, 0.1) is 20.3 Å². The molecule has 1 heterocycles. The van der Waals surface area contributed by atoms with Gasteiger partial charge in [-0.05, 0) is 31.5 Å². The van der Waals surface area contributed by atoms with E-state index in [0.717, 1.165) is 29.8 Å². The molecule has 1 unspecified atom stereocenters. The topological polar surface area (TPSA) is 79.2 Å². The third-order valence-corrected chi connectivity index (χ3v) is 3.97. The monoisotopic (exact) mass is 345 g/mol. The maximum absolute atomic E-state index is 10.5. The van der Waals surface area contributed by atoms with Crippen molar-refractivity contribution in [1.29, 1.82) is 0 Å². The summed E-state index contributed by atoms with van der Waals surface area (Å²) in [7, 11) is 3.20. The number of halogens is 1. The maximum Gasteiger partial charge on any atom is 0.303 e. The first-order valence-electron chi connectivity index (χ1n) is 7.42. The second-order valence-electron chi connectivity index (χ2n) is 5.46. The molecule has 0 fully saturated rings. The minimum atomic E-state index is -0.768. The normalized spacial score (nSPS) is 17.1. The van der Waals surface area contributed by atoms with E-state index < -0.39 is 12.1 Å². The Kier molecular flexibility index (Phi) is 7.61. The molecule has 6 nitrogen and oxygen atoms in total. The summed E-state index contributed by atoms with van der Waals surface area (Å²) in [4.78, 5) is 12.7. The second-order valence-corrected chi connectivity index (χ2v) is 5.46. The molecular formula is C16H24ClNO5. The molecule has 1 aromatic rings. The molecule has 1 aromatic carbocycles. The molecule has 2 N–H and O–H groups in total. The van der Waals surface area contributed by atoms with Crippen LogP contribution in [0.3, 0.4) is 0 Å². The first-order chi connectivity index (χ1) is 10.6. The van der Waals surface area contributed by atoms with E-state index in [1.165, 1.54) is 0 Å². The molecule has 23 heavy (non-hydrogen) atoms. The molecule has 1 atom stereocenters. The summed E-state index contributed by atoms with van der Waals surface area (Å²) in [5, 5.41) is 19.1. The molecule has 0 saturated heterocycles. The number of aliphatic hydroxyl groups is 1. The van der Waals surface area contributed by atoms with Crippen molar-refractivity contribution in [3.8, 4) is 11.5 Å². The third kappa shape index (κ3) is 4.73. The van der Waals surface area contributed by atoms with E-state index >= 15 is 0 Å². The summed E-state index contributed by atoms with van der Waals surface area (Å²) in [5.74, 6) is 0.648. The molecule has 2 rings (SSSR count). The zero-order valence-electron chi connectivity index (χ0n) is 13.4. The van der Waals surface area contributed by atoms with Crippen LogP contribution in [0, 0.1) is 0 Å². The number of aliphatic hydroxyl groups excluding tert-OH is 1. The van der Waals surface area contributed by atoms with E-state index in [1.54, 1.807) is 14.2 Å². The summed E-state index contributed by atoms with van der Waals surface area (Å²) >= 11 is 0. The van der Waals surface area contributed by atoms with Crippen LogP contribution >= 0.6 is 12.4 Å². The van der Waals surface area contributed by atoms with E-state index in [4.69, 9.17) is 14.6 Å². The van der Waals surface area contributed by atoms with E-state index in [2.05, 4.69) is 4.90 Å². The number of nitrogens with zero attached hydrogens (tertiary/aromatic N) is 1. The van der Waals surface area contributed by atoms with Crippen LogP contribution in [0.2, 0.25) is 0 Å². The predicted molar refractivity (Wildman–Crippen MR) is 88.5 cm³/mol. The number of benzene rings is 1. The minimum absolute atomic E-state index is 0. The number of carbonyl (C=O) groups is 1. The number of carboxylic acids is 1. The highest BCUT2D eigenvalue weighted by atomic mass is 35.5. The number of β-amino-alcohol motifs (C(OH)–C–C–N with tert-alkyl or cyclic N) is 1. The van der Waals surface area contributed by atoms with Crippen LogP contribution in [0.25, 0.3) is 0 Å². The third-order valence-electron chi connectivity index (χ3n) is 3.97. The lowest BCUT2D eigenvalue weighted by atomic mass is 9.95. The van der Waals surface area contributed by atoms with Gasteiger partial charge in [-0.15, -0.1) is 12.4 Å². The van der Waals surface area contributed by atoms with Crippen molar-refractivity contribution in [2.75, 3.05) is 27.3 Å². The highest BCUT2D eigenvalue weighted by Crippen LogP contribution is 2.39. The fourth-order valence-electron chi connectivity index (χ4n) is 2.93. The summed E-state index contributed by atoms with van der Waals surface area (Å²) in [6, 6.07) is 3.65. The minimum Gasteiger partial charge on any atom is -0.496 e. The lowest BCUT2D eigenvalue weighted by molar-refractivity contribution is -0.137. The smallest absolute Gasteiger partial charge is 0.303 e. The largest absolute Gasteiger partial charge is 0.496 e. The highest BCUT2D eigenvalue weighted by Gasteiger charge is 2.29. The van der Waals surface area contributed by atoms with Gasteiger partial charge < -0.3 is 19.7 Å². The van der Waals surface area contributed by atoms with Crippen molar-refractivity contribution < 1.29 is 24.5 Å². The van der Waals surface area contributed by atoms with Crippen LogP contribution in [-0.2, 0) is 11.3 Å². The van der Waals surface area contributed by atoms with Crippen molar-refractivity contribution >= 4 is 18.4 Å². The van der Waals surface area contributed by atoms with Gasteiger partial charge in [-0.1, -0.05) is 0 Å². The SMILES string of the molecule is COc1ccc(OC)c2c1CN(CCCCC(=O)O)CC2O.Cl. The van der Waals surface area contributed by atoms with Gasteiger partial charge in [-0.3, -0.25) is 9.69 Å². The van der Waals surface area contributed by atoms with Gasteiger partial charge in [0.25, 0.3) is 0 Å². The lowest BCUT2D eigenvalue weighted by Gasteiger charge is -2.33. The molecule has 7 heteroatoms. The van der Waals surface area contributed by atoms with E-state index in [-0.39, 0.29) is 18.8 Å². The van der Waals surface area contributed by atoms with E-state index in [1.807, 2.05) is 12.1 Å². The Bertz CT molecular complexity index is 537. The Hall–Kier alpha value is -1.50. The molecule has 0 spiro atoms. The Morgan fingerprint density at radius 3 is 2.52 bits per heavy atom. The van der Waals surface area contributed by atoms with Crippen molar-refractivity contribution in [2.24, 2.45) is 0 Å². The quantitative estimate of drug-likeness (QED) is 0.738. The van der Waals surface area contributed by atoms with Crippen LogP contribution in [0.4, 0.5) is 0 Å². The van der Waals surface area contributed by atoms with Crippen molar-refractivity contribution in [1.82, 2.24) is 4.90 Å². The average Bonchev–Trinajstić information content (AvgIpc) is 2.50. The maximum atomic E-state index is 10.5. The molecule has 0 radical (unpaired) electrons. The number of hydrogen-bond donors (Lipinski definition) is 2. The number of methoxy groups -OCH3 is 2. The standard InChI is InChI=1S/C16H23NO5.ClH/c1-21-13-6-7-14(22-2)16-11(13)9-17(10-12(16)18)8-4-3-5-15(19)20;/h6-7,12,18H,3-5,8-10H2,1-2H3,(H,19,20);1H. The molecule has 0 saturated carbocycles. The summed E-state index contributed by atoms with van der Waals surface area (Å²) < 4.78 is 10.7. The average molecular weight is 346 g/mol. The van der Waals surface area contributed by atoms with Gasteiger partial charge in [0.2, 0.25) is 0 Å². The predicted octanol–water partition coefficient (Wildman–Crippen LogP) is 2.23. The van der Waals surface area contributed by atoms with Crippen molar-refractivity contribution in [3.05, 3.63) is 23.3 Å². The number of unbranched alkanes of at least 4 members (excludes halogenated alkanes) is 1. The van der Waals surface area contributed by atoms with Crippen LogP contribution in [0.5, 0.6) is 11.5 Å². The Morgan fingerprint density at radius 1 is 1.26 bits per heavy atom. The molecule has 130 valence electrons. The van der Waals surface area contributed by atoms with Crippen LogP contribution < -0.4 is 9.47 Å². The fraction of sp³-hybridized carbons (Fsp3) is 0.562. The molecule has 0 aliphatic carbocycles. The van der Waals surface area contributed by atoms with Gasteiger partial charge in [0.15, 0.2) is 0 Å². The number of carboxylic acid groups (broad SMARTS) is 1. The number of ether oxygens (including phenoxy) is 2. The summed E-state index contributed by atoms with van der Waals surface area (Å²) in [6.45, 7) is 1.94. The molecule has 0 amide bonds. The zero-order valence-corrected chi connectivity index (χ0v) is 14.3. The first kappa shape index (κ1) is 19.5. The lowest BCUT2D eigenvalue weighted by Crippen LogP contribution is -2.35.